The Labute approximate surface area is 115 Å². The van der Waals surface area contributed by atoms with Gasteiger partial charge in [-0.3, -0.25) is 4.79 Å². The van der Waals surface area contributed by atoms with Crippen LogP contribution in [0.15, 0.2) is 0 Å². The van der Waals surface area contributed by atoms with Crippen LogP contribution in [0.5, 0.6) is 0 Å². The summed E-state index contributed by atoms with van der Waals surface area (Å²) in [6, 6.07) is -0.0548. The molecule has 2 heterocycles. The third kappa shape index (κ3) is 3.10. The van der Waals surface area contributed by atoms with Crippen molar-refractivity contribution >= 4 is 21.8 Å². The molecule has 1 aliphatic heterocycles. The number of carbonyl (C=O) groups is 1. The van der Waals surface area contributed by atoms with E-state index in [1.807, 2.05) is 6.92 Å². The Hall–Kier alpha value is -0.910. The molecule has 1 aliphatic rings. The number of hydrogen-bond acceptors (Lipinski definition) is 3. The van der Waals surface area contributed by atoms with Gasteiger partial charge in [-0.1, -0.05) is 15.9 Å². The van der Waals surface area contributed by atoms with Gasteiger partial charge in [-0.15, -0.1) is 10.2 Å². The minimum absolute atomic E-state index is 0.0548. The average molecular weight is 315 g/mol. The number of rotatable bonds is 6. The zero-order valence-corrected chi connectivity index (χ0v) is 12.2. The van der Waals surface area contributed by atoms with Crippen LogP contribution in [0.25, 0.3) is 0 Å². The lowest BCUT2D eigenvalue weighted by Crippen LogP contribution is -2.28. The summed E-state index contributed by atoms with van der Waals surface area (Å²) in [6.45, 7) is 2.94. The number of carbonyl (C=O) groups excluding carboxylic acids is 1. The second kappa shape index (κ2) is 6.31. The number of aryl methyl sites for hydroxylation is 1. The minimum Gasteiger partial charge on any atom is -0.346 e. The van der Waals surface area contributed by atoms with Gasteiger partial charge in [-0.05, 0) is 26.2 Å². The van der Waals surface area contributed by atoms with Gasteiger partial charge in [0.05, 0.1) is 6.04 Å². The highest BCUT2D eigenvalue weighted by atomic mass is 79.9. The summed E-state index contributed by atoms with van der Waals surface area (Å²) in [5.74, 6) is 2.03. The third-order valence-electron chi connectivity index (χ3n) is 3.19. The molecule has 18 heavy (non-hydrogen) atoms. The molecule has 0 aromatic carbocycles. The fraction of sp³-hybridized carbons (Fsp3) is 0.750. The predicted molar refractivity (Wildman–Crippen MR) is 72.5 cm³/mol. The molecule has 0 radical (unpaired) electrons. The van der Waals surface area contributed by atoms with Crippen LogP contribution < -0.4 is 5.32 Å². The number of amides is 1. The predicted octanol–water partition coefficient (Wildman–Crippen LogP) is 1.97. The van der Waals surface area contributed by atoms with Crippen molar-refractivity contribution in [2.45, 2.75) is 51.6 Å². The third-order valence-corrected chi connectivity index (χ3v) is 3.75. The molecule has 2 rings (SSSR count). The maximum Gasteiger partial charge on any atom is 0.220 e. The highest BCUT2D eigenvalue weighted by Gasteiger charge is 2.21. The van der Waals surface area contributed by atoms with Crippen molar-refractivity contribution in [2.75, 3.05) is 5.33 Å². The maximum atomic E-state index is 11.7. The first-order chi connectivity index (χ1) is 8.72. The standard InChI is InChI=1S/C12H19BrN4O/c1-9(14-11(18)6-2-3-7-13)12-16-15-10-5-4-8-17(10)12/h9H,2-8H2,1H3,(H,14,18). The molecule has 0 fully saturated rings. The molecule has 1 unspecified atom stereocenters. The van der Waals surface area contributed by atoms with Crippen molar-refractivity contribution in [3.05, 3.63) is 11.6 Å². The van der Waals surface area contributed by atoms with E-state index in [1.165, 1.54) is 0 Å². The average Bonchev–Trinajstić information content (AvgIpc) is 2.90. The summed E-state index contributed by atoms with van der Waals surface area (Å²) >= 11 is 3.36. The van der Waals surface area contributed by atoms with Crippen molar-refractivity contribution < 1.29 is 4.79 Å². The molecule has 0 spiro atoms. The summed E-state index contributed by atoms with van der Waals surface area (Å²) in [5, 5.41) is 12.3. The van der Waals surface area contributed by atoms with Gasteiger partial charge in [-0.2, -0.15) is 0 Å². The van der Waals surface area contributed by atoms with E-state index < -0.39 is 0 Å². The number of unbranched alkanes of at least 4 members (excludes halogenated alkanes) is 1. The lowest BCUT2D eigenvalue weighted by atomic mass is 10.2. The van der Waals surface area contributed by atoms with Crippen LogP contribution in [0.3, 0.4) is 0 Å². The lowest BCUT2D eigenvalue weighted by molar-refractivity contribution is -0.121. The Morgan fingerprint density at radius 2 is 2.33 bits per heavy atom. The summed E-state index contributed by atoms with van der Waals surface area (Å²) in [7, 11) is 0. The van der Waals surface area contributed by atoms with E-state index >= 15 is 0 Å². The second-order valence-corrected chi connectivity index (χ2v) is 5.46. The van der Waals surface area contributed by atoms with E-state index in [9.17, 15) is 4.79 Å². The zero-order chi connectivity index (χ0) is 13.0. The van der Waals surface area contributed by atoms with Crippen LogP contribution in [0.4, 0.5) is 0 Å². The van der Waals surface area contributed by atoms with Gasteiger partial charge in [0.25, 0.3) is 0 Å². The van der Waals surface area contributed by atoms with Crippen LogP contribution in [0.2, 0.25) is 0 Å². The number of nitrogens with one attached hydrogen (secondary N) is 1. The van der Waals surface area contributed by atoms with E-state index in [4.69, 9.17) is 0 Å². The fourth-order valence-electron chi connectivity index (χ4n) is 2.25. The van der Waals surface area contributed by atoms with Crippen molar-refractivity contribution in [1.82, 2.24) is 20.1 Å². The summed E-state index contributed by atoms with van der Waals surface area (Å²) in [4.78, 5) is 11.7. The maximum absolute atomic E-state index is 11.7. The molecule has 5 nitrogen and oxygen atoms in total. The summed E-state index contributed by atoms with van der Waals surface area (Å²) in [6.07, 6.45) is 4.66. The van der Waals surface area contributed by atoms with Gasteiger partial charge in [-0.25, -0.2) is 0 Å². The van der Waals surface area contributed by atoms with Crippen LogP contribution in [-0.2, 0) is 17.8 Å². The largest absolute Gasteiger partial charge is 0.346 e. The van der Waals surface area contributed by atoms with Gasteiger partial charge < -0.3 is 9.88 Å². The fourth-order valence-corrected chi connectivity index (χ4v) is 2.65. The van der Waals surface area contributed by atoms with Crippen LogP contribution in [-0.4, -0.2) is 26.0 Å². The van der Waals surface area contributed by atoms with Crippen LogP contribution >= 0.6 is 15.9 Å². The second-order valence-electron chi connectivity index (χ2n) is 4.66. The quantitative estimate of drug-likeness (QED) is 0.645. The number of fused-ring (bicyclic) bond motifs is 1. The molecule has 0 saturated carbocycles. The Morgan fingerprint density at radius 1 is 1.50 bits per heavy atom. The molecule has 100 valence electrons. The molecule has 1 atom stereocenters. The number of hydrogen-bond donors (Lipinski definition) is 1. The molecule has 0 aliphatic carbocycles. The zero-order valence-electron chi connectivity index (χ0n) is 10.7. The Bertz CT molecular complexity index is 418. The minimum atomic E-state index is -0.0548. The molecule has 6 heteroatoms. The van der Waals surface area contributed by atoms with Crippen LogP contribution in [0.1, 0.15) is 50.3 Å². The number of nitrogens with zero attached hydrogens (tertiary/aromatic N) is 3. The smallest absolute Gasteiger partial charge is 0.220 e. The van der Waals surface area contributed by atoms with Crippen LogP contribution in [0, 0.1) is 0 Å². The topological polar surface area (TPSA) is 59.8 Å². The molecule has 1 N–H and O–H groups in total. The first-order valence-electron chi connectivity index (χ1n) is 6.49. The molecular weight excluding hydrogens is 296 g/mol. The van der Waals surface area contributed by atoms with E-state index in [2.05, 4.69) is 36.0 Å². The number of halogens is 1. The Balaban J connectivity index is 1.87. The molecule has 1 amide bonds. The number of aromatic nitrogens is 3. The summed E-state index contributed by atoms with van der Waals surface area (Å²) < 4.78 is 2.13. The van der Waals surface area contributed by atoms with Gasteiger partial charge in [0, 0.05) is 24.7 Å². The SMILES string of the molecule is CC(NC(=O)CCCCBr)c1nnc2n1CCC2. The van der Waals surface area contributed by atoms with E-state index in [0.29, 0.717) is 6.42 Å². The van der Waals surface area contributed by atoms with Crippen molar-refractivity contribution in [3.63, 3.8) is 0 Å². The van der Waals surface area contributed by atoms with Crippen molar-refractivity contribution in [1.29, 1.82) is 0 Å². The van der Waals surface area contributed by atoms with Gasteiger partial charge in [0.15, 0.2) is 5.82 Å². The van der Waals surface area contributed by atoms with E-state index in [1.54, 1.807) is 0 Å². The van der Waals surface area contributed by atoms with Gasteiger partial charge in [0.1, 0.15) is 5.82 Å². The molecule has 1 aromatic heterocycles. The number of alkyl halides is 1. The first-order valence-corrected chi connectivity index (χ1v) is 7.62. The molecule has 1 aromatic rings. The monoisotopic (exact) mass is 314 g/mol. The molecular formula is C12H19BrN4O. The Morgan fingerprint density at radius 3 is 3.11 bits per heavy atom. The molecule has 0 saturated heterocycles. The first kappa shape index (κ1) is 13.5. The normalized spacial score (nSPS) is 15.4. The van der Waals surface area contributed by atoms with Gasteiger partial charge in [0.2, 0.25) is 5.91 Å². The highest BCUT2D eigenvalue weighted by molar-refractivity contribution is 9.09. The van der Waals surface area contributed by atoms with E-state index in [0.717, 1.165) is 49.2 Å². The highest BCUT2D eigenvalue weighted by Crippen LogP contribution is 2.18. The molecule has 0 bridgehead atoms. The Kier molecular flexibility index (Phi) is 4.74. The summed E-state index contributed by atoms with van der Waals surface area (Å²) in [5.41, 5.74) is 0. The van der Waals surface area contributed by atoms with Crippen molar-refractivity contribution in [2.24, 2.45) is 0 Å². The lowest BCUT2D eigenvalue weighted by Gasteiger charge is -2.13. The van der Waals surface area contributed by atoms with E-state index in [-0.39, 0.29) is 11.9 Å². The van der Waals surface area contributed by atoms with Gasteiger partial charge >= 0.3 is 0 Å². The van der Waals surface area contributed by atoms with Crippen molar-refractivity contribution in [3.8, 4) is 0 Å².